The smallest absolute Gasteiger partial charge is 0.0166 e. The molecule has 0 aliphatic heterocycles. The van der Waals surface area contributed by atoms with Crippen LogP contribution in [0.25, 0.3) is 0 Å². The van der Waals surface area contributed by atoms with Gasteiger partial charge in [0.2, 0.25) is 0 Å². The molecule has 118 valence electrons. The lowest BCUT2D eigenvalue weighted by Crippen LogP contribution is -2.66. The topological polar surface area (TPSA) is 12.0 Å². The lowest BCUT2D eigenvalue weighted by molar-refractivity contribution is -0.0705. The van der Waals surface area contributed by atoms with Gasteiger partial charge in [-0.3, -0.25) is 0 Å². The van der Waals surface area contributed by atoms with Crippen LogP contribution in [0, 0.1) is 17.3 Å². The molecular weight excluding hydrogens is 254 g/mol. The van der Waals surface area contributed by atoms with Crippen LogP contribution < -0.4 is 5.32 Å². The summed E-state index contributed by atoms with van der Waals surface area (Å²) >= 11 is 0. The van der Waals surface area contributed by atoms with E-state index in [2.05, 4.69) is 70.3 Å². The van der Waals surface area contributed by atoms with Crippen molar-refractivity contribution in [3.8, 4) is 0 Å². The van der Waals surface area contributed by atoms with Gasteiger partial charge in [-0.2, -0.15) is 0 Å². The summed E-state index contributed by atoms with van der Waals surface area (Å²) < 4.78 is 0. The van der Waals surface area contributed by atoms with E-state index in [4.69, 9.17) is 0 Å². The van der Waals surface area contributed by atoms with E-state index in [9.17, 15) is 0 Å². The Labute approximate surface area is 131 Å². The molecule has 0 bridgehead atoms. The molecule has 3 unspecified atom stereocenters. The first-order valence-corrected chi connectivity index (χ1v) is 8.90. The summed E-state index contributed by atoms with van der Waals surface area (Å²) in [7, 11) is 0. The third kappa shape index (κ3) is 2.77. The highest BCUT2D eigenvalue weighted by molar-refractivity contribution is 5.31. The molecule has 1 heteroatoms. The molecule has 1 fully saturated rings. The third-order valence-electron chi connectivity index (χ3n) is 5.87. The summed E-state index contributed by atoms with van der Waals surface area (Å²) in [6.45, 7) is 13.0. The molecule has 0 radical (unpaired) electrons. The Balaban J connectivity index is 2.35. The Morgan fingerprint density at radius 2 is 1.67 bits per heavy atom. The van der Waals surface area contributed by atoms with E-state index in [-0.39, 0.29) is 0 Å². The molecule has 21 heavy (non-hydrogen) atoms. The molecule has 1 aliphatic rings. The maximum atomic E-state index is 3.89. The fourth-order valence-corrected chi connectivity index (χ4v) is 4.79. The Morgan fingerprint density at radius 1 is 1.05 bits per heavy atom. The maximum absolute atomic E-state index is 3.89. The first-order chi connectivity index (χ1) is 10.1. The second-order valence-corrected chi connectivity index (χ2v) is 7.08. The lowest BCUT2D eigenvalue weighted by atomic mass is 9.44. The fourth-order valence-electron chi connectivity index (χ4n) is 4.79. The molecule has 1 nitrogen and oxygen atoms in total. The lowest BCUT2D eigenvalue weighted by Gasteiger charge is -2.64. The van der Waals surface area contributed by atoms with Crippen LogP contribution in [-0.4, -0.2) is 12.6 Å². The molecule has 2 rings (SSSR count). The molecule has 0 saturated heterocycles. The van der Waals surface area contributed by atoms with Crippen LogP contribution >= 0.6 is 0 Å². The van der Waals surface area contributed by atoms with Crippen molar-refractivity contribution in [2.45, 2.75) is 65.8 Å². The third-order valence-corrected chi connectivity index (χ3v) is 5.87. The van der Waals surface area contributed by atoms with E-state index >= 15 is 0 Å². The quantitative estimate of drug-likeness (QED) is 0.724. The van der Waals surface area contributed by atoms with Crippen molar-refractivity contribution < 1.29 is 0 Å². The zero-order chi connectivity index (χ0) is 15.5. The van der Waals surface area contributed by atoms with E-state index < -0.39 is 0 Å². The van der Waals surface area contributed by atoms with Crippen LogP contribution in [0.5, 0.6) is 0 Å². The summed E-state index contributed by atoms with van der Waals surface area (Å²) in [6, 6.07) is 11.9. The first-order valence-electron chi connectivity index (χ1n) is 8.90. The molecule has 1 N–H and O–H groups in total. The van der Waals surface area contributed by atoms with Crippen LogP contribution in [-0.2, 0) is 0 Å². The average molecular weight is 287 g/mol. The molecule has 1 aromatic carbocycles. The zero-order valence-corrected chi connectivity index (χ0v) is 14.5. The highest BCUT2D eigenvalue weighted by Crippen LogP contribution is 2.62. The molecule has 3 atom stereocenters. The van der Waals surface area contributed by atoms with E-state index in [0.29, 0.717) is 17.4 Å². The van der Waals surface area contributed by atoms with Gasteiger partial charge in [0, 0.05) is 6.04 Å². The number of nitrogens with one attached hydrogen (secondary N) is 1. The molecule has 1 aromatic rings. The minimum atomic E-state index is 0.436. The summed E-state index contributed by atoms with van der Waals surface area (Å²) in [5, 5.41) is 3.89. The van der Waals surface area contributed by atoms with Gasteiger partial charge in [0.05, 0.1) is 0 Å². The van der Waals surface area contributed by atoms with Crippen molar-refractivity contribution in [2.75, 3.05) is 6.54 Å². The Hall–Kier alpha value is -0.820. The van der Waals surface area contributed by atoms with E-state index in [1.165, 1.54) is 19.3 Å². The van der Waals surface area contributed by atoms with Gasteiger partial charge in [-0.05, 0) is 54.5 Å². The summed E-state index contributed by atoms with van der Waals surface area (Å²) in [4.78, 5) is 0. The van der Waals surface area contributed by atoms with Crippen molar-refractivity contribution >= 4 is 0 Å². The van der Waals surface area contributed by atoms with Crippen molar-refractivity contribution in [3.05, 3.63) is 35.9 Å². The standard InChI is InChI=1S/C20H33N/c1-6-14-21-19-17(15(4)5)18(20(19,7-2)8-3)16-12-10-9-11-13-16/h9-13,15,17-19,21H,6-8,14H2,1-5H3. The van der Waals surface area contributed by atoms with Gasteiger partial charge in [-0.15, -0.1) is 0 Å². The van der Waals surface area contributed by atoms with Gasteiger partial charge < -0.3 is 5.32 Å². The van der Waals surface area contributed by atoms with Crippen molar-refractivity contribution in [3.63, 3.8) is 0 Å². The fraction of sp³-hybridized carbons (Fsp3) is 0.700. The summed E-state index contributed by atoms with van der Waals surface area (Å²) in [6.07, 6.45) is 3.77. The van der Waals surface area contributed by atoms with Crippen LogP contribution in [0.3, 0.4) is 0 Å². The van der Waals surface area contributed by atoms with Crippen molar-refractivity contribution in [1.82, 2.24) is 5.32 Å². The predicted molar refractivity (Wildman–Crippen MR) is 92.6 cm³/mol. The number of hydrogen-bond donors (Lipinski definition) is 1. The minimum absolute atomic E-state index is 0.436. The molecule has 0 amide bonds. The minimum Gasteiger partial charge on any atom is -0.313 e. The van der Waals surface area contributed by atoms with E-state index in [1.54, 1.807) is 5.56 Å². The molecule has 0 aromatic heterocycles. The second kappa shape index (κ2) is 6.96. The van der Waals surface area contributed by atoms with Gasteiger partial charge in [0.15, 0.2) is 0 Å². The Kier molecular flexibility index (Phi) is 5.48. The highest BCUT2D eigenvalue weighted by Gasteiger charge is 2.60. The number of benzene rings is 1. The van der Waals surface area contributed by atoms with Gasteiger partial charge in [0.25, 0.3) is 0 Å². The monoisotopic (exact) mass is 287 g/mol. The van der Waals surface area contributed by atoms with Crippen molar-refractivity contribution in [1.29, 1.82) is 0 Å². The Bertz CT molecular complexity index is 419. The van der Waals surface area contributed by atoms with Crippen LogP contribution in [0.2, 0.25) is 0 Å². The van der Waals surface area contributed by atoms with Crippen LogP contribution in [0.4, 0.5) is 0 Å². The first kappa shape index (κ1) is 16.5. The molecule has 1 saturated carbocycles. The summed E-state index contributed by atoms with van der Waals surface area (Å²) in [5.41, 5.74) is 1.99. The van der Waals surface area contributed by atoms with Gasteiger partial charge in [-0.25, -0.2) is 0 Å². The molecule has 0 heterocycles. The van der Waals surface area contributed by atoms with E-state index in [1.807, 2.05) is 0 Å². The normalized spacial score (nSPS) is 27.6. The molecule has 1 aliphatic carbocycles. The zero-order valence-electron chi connectivity index (χ0n) is 14.5. The van der Waals surface area contributed by atoms with Gasteiger partial charge in [0.1, 0.15) is 0 Å². The molecular formula is C20H33N. The average Bonchev–Trinajstić information content (AvgIpc) is 2.48. The Morgan fingerprint density at radius 3 is 2.14 bits per heavy atom. The summed E-state index contributed by atoms with van der Waals surface area (Å²) in [5.74, 6) is 2.21. The van der Waals surface area contributed by atoms with Gasteiger partial charge in [-0.1, -0.05) is 65.0 Å². The van der Waals surface area contributed by atoms with Crippen molar-refractivity contribution in [2.24, 2.45) is 17.3 Å². The SMILES string of the molecule is CCCNC1C(C(C)C)C(c2ccccc2)C1(CC)CC. The van der Waals surface area contributed by atoms with Crippen LogP contribution in [0.1, 0.15) is 65.4 Å². The van der Waals surface area contributed by atoms with Gasteiger partial charge >= 0.3 is 0 Å². The van der Waals surface area contributed by atoms with E-state index in [0.717, 1.165) is 18.4 Å². The predicted octanol–water partition coefficient (Wildman–Crippen LogP) is 5.23. The largest absolute Gasteiger partial charge is 0.313 e. The second-order valence-electron chi connectivity index (χ2n) is 7.08. The van der Waals surface area contributed by atoms with Crippen LogP contribution in [0.15, 0.2) is 30.3 Å². The molecule has 0 spiro atoms. The maximum Gasteiger partial charge on any atom is 0.0166 e. The highest BCUT2D eigenvalue weighted by atomic mass is 15.0. The number of hydrogen-bond acceptors (Lipinski definition) is 1. The number of rotatable bonds is 7.